The van der Waals surface area contributed by atoms with E-state index in [4.69, 9.17) is 10.5 Å². The Bertz CT molecular complexity index is 708. The molecule has 8 heteroatoms. The summed E-state index contributed by atoms with van der Waals surface area (Å²) in [5.74, 6) is 1.04. The number of hydrogen-bond acceptors (Lipinski definition) is 4. The maximum atomic E-state index is 12.3. The zero-order chi connectivity index (χ0) is 16.9. The number of rotatable bonds is 4. The van der Waals surface area contributed by atoms with E-state index < -0.39 is 0 Å². The third kappa shape index (κ3) is 6.43. The minimum absolute atomic E-state index is 0. The van der Waals surface area contributed by atoms with Crippen molar-refractivity contribution in [2.45, 2.75) is 37.8 Å². The number of ether oxygens (including phenoxy) is 1. The lowest BCUT2D eigenvalue weighted by Crippen LogP contribution is -2.40. The normalized spacial score (nSPS) is 18.8. The van der Waals surface area contributed by atoms with Crippen LogP contribution in [0, 0.1) is 0 Å². The van der Waals surface area contributed by atoms with Gasteiger partial charge in [-0.05, 0) is 49.9 Å². The van der Waals surface area contributed by atoms with Crippen LogP contribution in [0.1, 0.15) is 36.0 Å². The molecule has 1 aromatic carbocycles. The molecule has 26 heavy (non-hydrogen) atoms. The molecule has 2 aromatic rings. The van der Waals surface area contributed by atoms with Gasteiger partial charge in [-0.25, -0.2) is 4.98 Å². The molecule has 1 fully saturated rings. The fourth-order valence-electron chi connectivity index (χ4n) is 2.76. The molecular formula is C18H22BrCl2N3O2. The highest BCUT2D eigenvalue weighted by molar-refractivity contribution is 9.10. The lowest BCUT2D eigenvalue weighted by molar-refractivity contribution is 0.0925. The quantitative estimate of drug-likeness (QED) is 0.702. The van der Waals surface area contributed by atoms with Crippen LogP contribution in [0.4, 0.5) is 0 Å². The molecule has 1 saturated carbocycles. The van der Waals surface area contributed by atoms with Gasteiger partial charge in [-0.1, -0.05) is 22.0 Å². The summed E-state index contributed by atoms with van der Waals surface area (Å²) < 4.78 is 6.60. The highest BCUT2D eigenvalue weighted by Crippen LogP contribution is 2.23. The van der Waals surface area contributed by atoms with Crippen LogP contribution in [0.3, 0.4) is 0 Å². The van der Waals surface area contributed by atoms with Gasteiger partial charge in [-0.2, -0.15) is 0 Å². The average molecular weight is 463 g/mol. The molecule has 0 radical (unpaired) electrons. The van der Waals surface area contributed by atoms with Crippen LogP contribution >= 0.6 is 40.7 Å². The largest absolute Gasteiger partial charge is 0.439 e. The molecule has 1 amide bonds. The predicted molar refractivity (Wildman–Crippen MR) is 111 cm³/mol. The van der Waals surface area contributed by atoms with Gasteiger partial charge >= 0.3 is 0 Å². The Morgan fingerprint density at radius 2 is 1.88 bits per heavy atom. The minimum atomic E-state index is -0.100. The van der Waals surface area contributed by atoms with E-state index in [0.29, 0.717) is 17.2 Å². The summed E-state index contributed by atoms with van der Waals surface area (Å²) in [7, 11) is 0. The molecule has 142 valence electrons. The fourth-order valence-corrected chi connectivity index (χ4v) is 3.14. The van der Waals surface area contributed by atoms with Crippen LogP contribution in [0.25, 0.3) is 0 Å². The maximum Gasteiger partial charge on any atom is 0.253 e. The summed E-state index contributed by atoms with van der Waals surface area (Å²) in [6, 6.07) is 11.4. The summed E-state index contributed by atoms with van der Waals surface area (Å²) in [6.07, 6.45) is 5.33. The number of carbonyl (C=O) groups is 1. The highest BCUT2D eigenvalue weighted by Gasteiger charge is 2.20. The van der Waals surface area contributed by atoms with Crippen LogP contribution in [-0.4, -0.2) is 23.0 Å². The van der Waals surface area contributed by atoms with E-state index in [1.165, 1.54) is 6.20 Å². The summed E-state index contributed by atoms with van der Waals surface area (Å²) in [4.78, 5) is 16.5. The molecule has 0 bridgehead atoms. The van der Waals surface area contributed by atoms with Crippen molar-refractivity contribution in [2.24, 2.45) is 5.73 Å². The van der Waals surface area contributed by atoms with Gasteiger partial charge in [-0.15, -0.1) is 24.8 Å². The van der Waals surface area contributed by atoms with Gasteiger partial charge in [0.05, 0.1) is 5.56 Å². The van der Waals surface area contributed by atoms with Gasteiger partial charge in [0.25, 0.3) is 5.91 Å². The third-order valence-electron chi connectivity index (χ3n) is 4.12. The van der Waals surface area contributed by atoms with Crippen molar-refractivity contribution in [2.75, 3.05) is 0 Å². The highest BCUT2D eigenvalue weighted by atomic mass is 79.9. The predicted octanol–water partition coefficient (Wildman–Crippen LogP) is 4.48. The Balaban J connectivity index is 0.00000169. The second-order valence-corrected chi connectivity index (χ2v) is 6.95. The van der Waals surface area contributed by atoms with Crippen LogP contribution in [0.2, 0.25) is 0 Å². The monoisotopic (exact) mass is 461 g/mol. The Morgan fingerprint density at radius 1 is 1.15 bits per heavy atom. The first-order valence-electron chi connectivity index (χ1n) is 8.06. The molecule has 0 saturated heterocycles. The van der Waals surface area contributed by atoms with Crippen LogP contribution in [0.5, 0.6) is 11.6 Å². The van der Waals surface area contributed by atoms with Crippen molar-refractivity contribution in [1.29, 1.82) is 0 Å². The second-order valence-electron chi connectivity index (χ2n) is 6.03. The van der Waals surface area contributed by atoms with Crippen molar-refractivity contribution < 1.29 is 9.53 Å². The molecule has 0 atom stereocenters. The smallest absolute Gasteiger partial charge is 0.253 e. The van der Waals surface area contributed by atoms with Crippen molar-refractivity contribution in [1.82, 2.24) is 10.3 Å². The Kier molecular flexibility index (Phi) is 9.36. The number of aromatic nitrogens is 1. The first kappa shape index (κ1) is 22.7. The molecule has 3 N–H and O–H groups in total. The summed E-state index contributed by atoms with van der Waals surface area (Å²) in [5, 5.41) is 3.05. The van der Waals surface area contributed by atoms with E-state index in [1.807, 2.05) is 24.3 Å². The van der Waals surface area contributed by atoms with Gasteiger partial charge in [0.1, 0.15) is 5.75 Å². The first-order valence-corrected chi connectivity index (χ1v) is 8.85. The molecule has 1 heterocycles. The summed E-state index contributed by atoms with van der Waals surface area (Å²) in [5.41, 5.74) is 6.42. The molecule has 0 aliphatic heterocycles. The van der Waals surface area contributed by atoms with Crippen molar-refractivity contribution in [3.63, 3.8) is 0 Å². The van der Waals surface area contributed by atoms with Gasteiger partial charge in [0.15, 0.2) is 0 Å². The number of nitrogens with two attached hydrogens (primary N) is 1. The zero-order valence-corrected chi connectivity index (χ0v) is 17.3. The second kappa shape index (κ2) is 10.7. The van der Waals surface area contributed by atoms with Crippen LogP contribution in [-0.2, 0) is 0 Å². The fraction of sp³-hybridized carbons (Fsp3) is 0.333. The van der Waals surface area contributed by atoms with E-state index in [1.54, 1.807) is 12.1 Å². The molecular weight excluding hydrogens is 441 g/mol. The molecule has 5 nitrogen and oxygen atoms in total. The lowest BCUT2D eigenvalue weighted by atomic mass is 9.92. The number of benzene rings is 1. The van der Waals surface area contributed by atoms with Gasteiger partial charge < -0.3 is 15.8 Å². The third-order valence-corrected chi connectivity index (χ3v) is 4.62. The van der Waals surface area contributed by atoms with Gasteiger partial charge in [0.2, 0.25) is 5.88 Å². The number of amides is 1. The number of carbonyl (C=O) groups excluding carboxylic acids is 1. The number of nitrogens with zero attached hydrogens (tertiary/aromatic N) is 1. The Morgan fingerprint density at radius 3 is 2.50 bits per heavy atom. The van der Waals surface area contributed by atoms with Crippen molar-refractivity contribution in [3.05, 3.63) is 52.6 Å². The number of halogens is 3. The van der Waals surface area contributed by atoms with E-state index in [-0.39, 0.29) is 42.8 Å². The molecule has 0 spiro atoms. The summed E-state index contributed by atoms with van der Waals surface area (Å²) >= 11 is 3.40. The van der Waals surface area contributed by atoms with Crippen LogP contribution in [0.15, 0.2) is 47.1 Å². The van der Waals surface area contributed by atoms with Crippen molar-refractivity contribution in [3.8, 4) is 11.6 Å². The standard InChI is InChI=1S/C18H20BrN3O2.2ClH/c19-13-2-1-3-16(10-13)24-17-9-4-12(11-21-17)18(23)22-15-7-5-14(20)6-8-15;;/h1-4,9-11,14-15H,5-8,20H2,(H,22,23);2*1H. The number of pyridine rings is 1. The minimum Gasteiger partial charge on any atom is -0.439 e. The number of hydrogen-bond donors (Lipinski definition) is 2. The molecule has 0 unspecified atom stereocenters. The van der Waals surface area contributed by atoms with Crippen LogP contribution < -0.4 is 15.8 Å². The van der Waals surface area contributed by atoms with Crippen molar-refractivity contribution >= 4 is 46.7 Å². The molecule has 1 aromatic heterocycles. The lowest BCUT2D eigenvalue weighted by Gasteiger charge is -2.26. The van der Waals surface area contributed by atoms with Gasteiger partial charge in [0, 0.05) is 28.8 Å². The summed E-state index contributed by atoms with van der Waals surface area (Å²) in [6.45, 7) is 0. The molecule has 3 rings (SSSR count). The average Bonchev–Trinajstić information content (AvgIpc) is 2.57. The Labute approximate surface area is 174 Å². The van der Waals surface area contributed by atoms with E-state index in [0.717, 1.165) is 30.2 Å². The van der Waals surface area contributed by atoms with Gasteiger partial charge in [-0.3, -0.25) is 4.79 Å². The molecule has 1 aliphatic carbocycles. The molecule has 1 aliphatic rings. The SMILES string of the molecule is Cl.Cl.NC1CCC(NC(=O)c2ccc(Oc3cccc(Br)c3)nc2)CC1. The van der Waals surface area contributed by atoms with E-state index in [9.17, 15) is 4.79 Å². The van der Waals surface area contributed by atoms with E-state index in [2.05, 4.69) is 26.2 Å². The topological polar surface area (TPSA) is 77.2 Å². The Hall–Kier alpha value is -1.34. The maximum absolute atomic E-state index is 12.3. The first-order chi connectivity index (χ1) is 11.6. The number of nitrogens with one attached hydrogen (secondary N) is 1. The zero-order valence-electron chi connectivity index (χ0n) is 14.1. The van der Waals surface area contributed by atoms with E-state index >= 15 is 0 Å².